The maximum Gasteiger partial charge on any atom is 0.303 e. The summed E-state index contributed by atoms with van der Waals surface area (Å²) >= 11 is 0. The number of aliphatic carboxylic acids is 1. The molecular weight excluding hydrogens is 146 g/mol. The van der Waals surface area contributed by atoms with Gasteiger partial charge in [-0.2, -0.15) is 0 Å². The van der Waals surface area contributed by atoms with Crippen LogP contribution in [0.4, 0.5) is 0 Å². The van der Waals surface area contributed by atoms with Crippen molar-refractivity contribution in [1.29, 1.82) is 0 Å². The molecule has 0 heterocycles. The number of rotatable bonds is 4. The summed E-state index contributed by atoms with van der Waals surface area (Å²) in [4.78, 5) is 20.6. The van der Waals surface area contributed by atoms with Gasteiger partial charge < -0.3 is 10.4 Å². The highest BCUT2D eigenvalue weighted by Gasteiger charge is 2.02. The first-order chi connectivity index (χ1) is 5.16. The standard InChI is InChI=1S/C7H9NO3/c1-2-5-8-6(9)3-4-7(10)11/h1H,3-5H2,(H,8,9)(H,10,11). The van der Waals surface area contributed by atoms with Gasteiger partial charge in [-0.25, -0.2) is 0 Å². The first-order valence-electron chi connectivity index (χ1n) is 3.08. The van der Waals surface area contributed by atoms with Crippen molar-refractivity contribution in [3.8, 4) is 12.3 Å². The Morgan fingerprint density at radius 3 is 2.55 bits per heavy atom. The SMILES string of the molecule is C#CCNC(=O)CCC(=O)O. The number of carbonyl (C=O) groups is 2. The maximum atomic E-state index is 10.6. The molecule has 0 unspecified atom stereocenters. The molecule has 11 heavy (non-hydrogen) atoms. The normalized spacial score (nSPS) is 8.27. The van der Waals surface area contributed by atoms with Crippen molar-refractivity contribution in [3.63, 3.8) is 0 Å². The van der Waals surface area contributed by atoms with Crippen LogP contribution in [0.25, 0.3) is 0 Å². The Balaban J connectivity index is 3.39. The first-order valence-corrected chi connectivity index (χ1v) is 3.08. The lowest BCUT2D eigenvalue weighted by atomic mass is 10.3. The highest BCUT2D eigenvalue weighted by molar-refractivity contribution is 5.80. The molecule has 0 saturated heterocycles. The third-order valence-corrected chi connectivity index (χ3v) is 0.954. The van der Waals surface area contributed by atoms with Gasteiger partial charge in [0, 0.05) is 6.42 Å². The van der Waals surface area contributed by atoms with Gasteiger partial charge in [0.2, 0.25) is 5.91 Å². The molecule has 0 aromatic carbocycles. The monoisotopic (exact) mass is 155 g/mol. The van der Waals surface area contributed by atoms with Gasteiger partial charge in [-0.1, -0.05) is 5.92 Å². The van der Waals surface area contributed by atoms with E-state index >= 15 is 0 Å². The second-order valence-electron chi connectivity index (χ2n) is 1.87. The Morgan fingerprint density at radius 1 is 1.45 bits per heavy atom. The zero-order valence-electron chi connectivity index (χ0n) is 5.96. The molecule has 0 aliphatic carbocycles. The highest BCUT2D eigenvalue weighted by atomic mass is 16.4. The molecule has 0 atom stereocenters. The van der Waals surface area contributed by atoms with E-state index in [1.165, 1.54) is 0 Å². The average molecular weight is 155 g/mol. The minimum absolute atomic E-state index is 0.0169. The van der Waals surface area contributed by atoms with Crippen molar-refractivity contribution >= 4 is 11.9 Å². The molecule has 2 N–H and O–H groups in total. The molecule has 0 bridgehead atoms. The minimum atomic E-state index is -0.985. The Labute approximate surface area is 64.6 Å². The van der Waals surface area contributed by atoms with E-state index in [9.17, 15) is 9.59 Å². The lowest BCUT2D eigenvalue weighted by molar-refractivity contribution is -0.138. The molecule has 0 saturated carbocycles. The smallest absolute Gasteiger partial charge is 0.303 e. The van der Waals surface area contributed by atoms with Gasteiger partial charge in [0.25, 0.3) is 0 Å². The van der Waals surface area contributed by atoms with Gasteiger partial charge in [0.15, 0.2) is 0 Å². The highest BCUT2D eigenvalue weighted by Crippen LogP contribution is 1.87. The van der Waals surface area contributed by atoms with Gasteiger partial charge in [0.1, 0.15) is 0 Å². The van der Waals surface area contributed by atoms with E-state index in [0.717, 1.165) is 0 Å². The third kappa shape index (κ3) is 6.38. The maximum absolute atomic E-state index is 10.6. The van der Waals surface area contributed by atoms with Gasteiger partial charge in [-0.05, 0) is 0 Å². The molecule has 4 nitrogen and oxygen atoms in total. The quantitative estimate of drug-likeness (QED) is 0.543. The van der Waals surface area contributed by atoms with Crippen molar-refractivity contribution < 1.29 is 14.7 Å². The van der Waals surface area contributed by atoms with Crippen LogP contribution in [-0.4, -0.2) is 23.5 Å². The van der Waals surface area contributed by atoms with E-state index in [4.69, 9.17) is 11.5 Å². The van der Waals surface area contributed by atoms with Crippen LogP contribution in [0.15, 0.2) is 0 Å². The van der Waals surface area contributed by atoms with Crippen LogP contribution in [0.2, 0.25) is 0 Å². The summed E-state index contributed by atoms with van der Waals surface area (Å²) in [6.45, 7) is 0.151. The molecule has 0 aliphatic heterocycles. The van der Waals surface area contributed by atoms with Gasteiger partial charge in [-0.3, -0.25) is 9.59 Å². The van der Waals surface area contributed by atoms with Crippen molar-refractivity contribution in [2.45, 2.75) is 12.8 Å². The average Bonchev–Trinajstić information content (AvgIpc) is 1.97. The Kier molecular flexibility index (Phi) is 4.58. The fourth-order valence-corrected chi connectivity index (χ4v) is 0.458. The molecule has 0 aromatic heterocycles. The molecular formula is C7H9NO3. The number of terminal acetylenes is 1. The lowest BCUT2D eigenvalue weighted by Gasteiger charge is -1.97. The largest absolute Gasteiger partial charge is 0.481 e. The van der Waals surface area contributed by atoms with Crippen molar-refractivity contribution in [2.75, 3.05) is 6.54 Å². The molecule has 4 heteroatoms. The van der Waals surface area contributed by atoms with Crippen molar-refractivity contribution in [1.82, 2.24) is 5.32 Å². The molecule has 0 spiro atoms. The summed E-state index contributed by atoms with van der Waals surface area (Å²) in [6.07, 6.45) is 4.68. The van der Waals surface area contributed by atoms with Gasteiger partial charge in [0.05, 0.1) is 13.0 Å². The summed E-state index contributed by atoms with van der Waals surface area (Å²) in [6, 6.07) is 0. The van der Waals surface area contributed by atoms with Gasteiger partial charge >= 0.3 is 5.97 Å². The number of carboxylic acid groups (broad SMARTS) is 1. The van der Waals surface area contributed by atoms with Crippen LogP contribution in [0.3, 0.4) is 0 Å². The zero-order chi connectivity index (χ0) is 8.69. The van der Waals surface area contributed by atoms with E-state index in [2.05, 4.69) is 11.2 Å². The Morgan fingerprint density at radius 2 is 2.09 bits per heavy atom. The second kappa shape index (κ2) is 5.30. The predicted molar refractivity (Wildman–Crippen MR) is 38.7 cm³/mol. The van der Waals surface area contributed by atoms with E-state index in [0.29, 0.717) is 0 Å². The molecule has 60 valence electrons. The van der Waals surface area contributed by atoms with Gasteiger partial charge in [-0.15, -0.1) is 6.42 Å². The van der Waals surface area contributed by atoms with Crippen LogP contribution < -0.4 is 5.32 Å². The summed E-state index contributed by atoms with van der Waals surface area (Å²) in [5.41, 5.74) is 0. The summed E-state index contributed by atoms with van der Waals surface area (Å²) in [5.74, 6) is 0.893. The summed E-state index contributed by atoms with van der Waals surface area (Å²) < 4.78 is 0. The van der Waals surface area contributed by atoms with Crippen LogP contribution in [0.5, 0.6) is 0 Å². The van der Waals surface area contributed by atoms with Crippen LogP contribution in [0, 0.1) is 12.3 Å². The lowest BCUT2D eigenvalue weighted by Crippen LogP contribution is -2.23. The number of nitrogens with one attached hydrogen (secondary N) is 1. The number of carbonyl (C=O) groups excluding carboxylic acids is 1. The Hall–Kier alpha value is -1.50. The first kappa shape index (κ1) is 9.50. The van der Waals surface area contributed by atoms with E-state index in [1.807, 2.05) is 0 Å². The molecule has 0 rings (SSSR count). The fourth-order valence-electron chi connectivity index (χ4n) is 0.458. The molecule has 0 aromatic rings. The number of carboxylic acids is 1. The predicted octanol–water partition coefficient (Wildman–Crippen LogP) is -0.399. The fraction of sp³-hybridized carbons (Fsp3) is 0.429. The zero-order valence-corrected chi connectivity index (χ0v) is 5.96. The second-order valence-corrected chi connectivity index (χ2v) is 1.87. The van der Waals surface area contributed by atoms with Crippen molar-refractivity contribution in [3.05, 3.63) is 0 Å². The minimum Gasteiger partial charge on any atom is -0.481 e. The van der Waals surface area contributed by atoms with E-state index < -0.39 is 5.97 Å². The number of amides is 1. The summed E-state index contributed by atoms with van der Waals surface area (Å²) in [5, 5.41) is 10.5. The Bertz CT molecular complexity index is 192. The number of hydrogen-bond acceptors (Lipinski definition) is 2. The molecule has 1 amide bonds. The van der Waals surface area contributed by atoms with Crippen LogP contribution in [0.1, 0.15) is 12.8 Å². The van der Waals surface area contributed by atoms with Crippen LogP contribution >= 0.6 is 0 Å². The summed E-state index contributed by atoms with van der Waals surface area (Å²) in [7, 11) is 0. The van der Waals surface area contributed by atoms with E-state index in [1.54, 1.807) is 0 Å². The third-order valence-electron chi connectivity index (χ3n) is 0.954. The topological polar surface area (TPSA) is 66.4 Å². The van der Waals surface area contributed by atoms with E-state index in [-0.39, 0.29) is 25.3 Å². The molecule has 0 fully saturated rings. The number of hydrogen-bond donors (Lipinski definition) is 2. The molecule has 0 aliphatic rings. The van der Waals surface area contributed by atoms with Crippen molar-refractivity contribution in [2.24, 2.45) is 0 Å². The van der Waals surface area contributed by atoms with Crippen LogP contribution in [-0.2, 0) is 9.59 Å². The molecule has 0 radical (unpaired) electrons.